The topological polar surface area (TPSA) is 56.7 Å². The van der Waals surface area contributed by atoms with Gasteiger partial charge >= 0.3 is 5.97 Å². The number of thiazole rings is 1. The number of aliphatic carboxylic acids is 1. The molecule has 0 bridgehead atoms. The highest BCUT2D eigenvalue weighted by Crippen LogP contribution is 2.47. The second-order valence-corrected chi connectivity index (χ2v) is 10.3. The third-order valence-corrected chi connectivity index (χ3v) is 7.59. The number of carbonyl (C=O) groups is 1. The molecule has 1 aliphatic carbocycles. The van der Waals surface area contributed by atoms with Gasteiger partial charge in [-0.1, -0.05) is 62.4 Å². The maximum Gasteiger partial charge on any atom is 0.307 e. The number of nitrogens with zero attached hydrogens (tertiary/aromatic N) is 3. The van der Waals surface area contributed by atoms with Crippen molar-refractivity contribution < 1.29 is 9.90 Å². The van der Waals surface area contributed by atoms with Crippen molar-refractivity contribution >= 4 is 28.0 Å². The van der Waals surface area contributed by atoms with Gasteiger partial charge in [0.15, 0.2) is 5.13 Å². The Morgan fingerprint density at radius 2 is 1.91 bits per heavy atom. The van der Waals surface area contributed by atoms with Crippen molar-refractivity contribution in [2.24, 2.45) is 11.8 Å². The number of hydrogen-bond acceptors (Lipinski definition) is 5. The standard InChI is InChI=1S/C26H33N3O2S/c1-19(2)16-22(24(30)31)26(11-7-10-21(17-26)20-8-5-4-6-9-20)23-18-32-25(27-23)29-14-12-28(3)13-15-29/h4-11,18-19,22H,12-17H2,1-3H3,(H,30,31). The van der Waals surface area contributed by atoms with Crippen molar-refractivity contribution in [3.05, 3.63) is 65.2 Å². The molecule has 1 aromatic carbocycles. The normalized spacial score (nSPS) is 22.8. The van der Waals surface area contributed by atoms with E-state index in [-0.39, 0.29) is 5.92 Å². The van der Waals surface area contributed by atoms with Crippen LogP contribution in [-0.2, 0) is 10.2 Å². The molecule has 170 valence electrons. The molecular formula is C26H33N3O2S. The molecule has 32 heavy (non-hydrogen) atoms. The van der Waals surface area contributed by atoms with E-state index >= 15 is 0 Å². The van der Waals surface area contributed by atoms with E-state index in [4.69, 9.17) is 4.98 Å². The number of rotatable bonds is 7. The monoisotopic (exact) mass is 451 g/mol. The maximum atomic E-state index is 12.6. The molecule has 1 saturated heterocycles. The Kier molecular flexibility index (Phi) is 6.82. The van der Waals surface area contributed by atoms with Crippen molar-refractivity contribution in [1.29, 1.82) is 0 Å². The quantitative estimate of drug-likeness (QED) is 0.647. The summed E-state index contributed by atoms with van der Waals surface area (Å²) >= 11 is 1.64. The van der Waals surface area contributed by atoms with Gasteiger partial charge in [-0.15, -0.1) is 11.3 Å². The summed E-state index contributed by atoms with van der Waals surface area (Å²) in [6.45, 7) is 8.14. The van der Waals surface area contributed by atoms with Gasteiger partial charge in [-0.3, -0.25) is 4.79 Å². The summed E-state index contributed by atoms with van der Waals surface area (Å²) in [4.78, 5) is 22.3. The van der Waals surface area contributed by atoms with E-state index in [0.717, 1.165) is 48.1 Å². The van der Waals surface area contributed by atoms with Gasteiger partial charge in [0.1, 0.15) is 0 Å². The minimum Gasteiger partial charge on any atom is -0.481 e. The van der Waals surface area contributed by atoms with Gasteiger partial charge in [0.25, 0.3) is 0 Å². The summed E-state index contributed by atoms with van der Waals surface area (Å²) in [6, 6.07) is 10.3. The Labute approximate surface area is 195 Å². The lowest BCUT2D eigenvalue weighted by Gasteiger charge is -2.38. The third-order valence-electron chi connectivity index (χ3n) is 6.69. The molecule has 2 heterocycles. The molecule has 1 N–H and O–H groups in total. The van der Waals surface area contributed by atoms with E-state index in [1.54, 1.807) is 11.3 Å². The van der Waals surface area contributed by atoms with Crippen molar-refractivity contribution in [2.75, 3.05) is 38.1 Å². The van der Waals surface area contributed by atoms with E-state index in [1.165, 1.54) is 0 Å². The number of piperazine rings is 1. The van der Waals surface area contributed by atoms with Crippen molar-refractivity contribution in [1.82, 2.24) is 9.88 Å². The van der Waals surface area contributed by atoms with E-state index in [0.29, 0.717) is 12.8 Å². The summed E-state index contributed by atoms with van der Waals surface area (Å²) in [7, 11) is 2.15. The van der Waals surface area contributed by atoms with E-state index in [1.807, 2.05) is 24.3 Å². The average Bonchev–Trinajstić information content (AvgIpc) is 3.29. The first-order valence-electron chi connectivity index (χ1n) is 11.4. The summed E-state index contributed by atoms with van der Waals surface area (Å²) in [5, 5.41) is 13.5. The molecule has 2 unspecified atom stereocenters. The summed E-state index contributed by atoms with van der Waals surface area (Å²) in [5.74, 6) is -0.997. The Morgan fingerprint density at radius 1 is 1.19 bits per heavy atom. The number of benzene rings is 1. The van der Waals surface area contributed by atoms with Crippen LogP contribution in [0.4, 0.5) is 5.13 Å². The predicted octanol–water partition coefficient (Wildman–Crippen LogP) is 4.92. The SMILES string of the molecule is CC(C)CC(C(=O)O)C1(c2csc(N3CCN(C)CC3)n2)C=CC=C(c2ccccc2)C1. The Bertz CT molecular complexity index is 990. The Balaban J connectivity index is 1.73. The second-order valence-electron chi connectivity index (χ2n) is 9.46. The van der Waals surface area contributed by atoms with Crippen molar-refractivity contribution in [3.8, 4) is 0 Å². The lowest BCUT2D eigenvalue weighted by molar-refractivity contribution is -0.144. The fraction of sp³-hybridized carbons (Fsp3) is 0.462. The minimum absolute atomic E-state index is 0.281. The van der Waals surface area contributed by atoms with Crippen LogP contribution < -0.4 is 4.90 Å². The second kappa shape index (κ2) is 9.59. The van der Waals surface area contributed by atoms with Gasteiger partial charge in [0.2, 0.25) is 0 Å². The molecule has 1 fully saturated rings. The fourth-order valence-electron chi connectivity index (χ4n) is 4.84. The number of anilines is 1. The van der Waals surface area contributed by atoms with Gasteiger partial charge in [-0.05, 0) is 36.9 Å². The van der Waals surface area contributed by atoms with Crippen LogP contribution in [0.15, 0.2) is 53.9 Å². The Morgan fingerprint density at radius 3 is 2.56 bits per heavy atom. The van der Waals surface area contributed by atoms with E-state index < -0.39 is 17.3 Å². The van der Waals surface area contributed by atoms with E-state index in [2.05, 4.69) is 60.4 Å². The van der Waals surface area contributed by atoms with Crippen LogP contribution in [0, 0.1) is 11.8 Å². The van der Waals surface area contributed by atoms with Gasteiger partial charge in [-0.2, -0.15) is 0 Å². The highest BCUT2D eigenvalue weighted by atomic mass is 32.1. The van der Waals surface area contributed by atoms with Crippen LogP contribution in [0.25, 0.3) is 5.57 Å². The highest BCUT2D eigenvalue weighted by molar-refractivity contribution is 7.13. The third kappa shape index (κ3) is 4.66. The first-order valence-corrected chi connectivity index (χ1v) is 12.3. The zero-order valence-electron chi connectivity index (χ0n) is 19.2. The highest BCUT2D eigenvalue weighted by Gasteiger charge is 2.46. The molecule has 5 nitrogen and oxygen atoms in total. The molecule has 6 heteroatoms. The predicted molar refractivity (Wildman–Crippen MR) is 132 cm³/mol. The molecule has 4 rings (SSSR count). The minimum atomic E-state index is -0.744. The summed E-state index contributed by atoms with van der Waals surface area (Å²) in [5.41, 5.74) is 2.54. The molecule has 2 aliphatic rings. The molecular weight excluding hydrogens is 418 g/mol. The van der Waals surface area contributed by atoms with Gasteiger partial charge in [0, 0.05) is 37.0 Å². The van der Waals surface area contributed by atoms with E-state index in [9.17, 15) is 9.90 Å². The van der Waals surface area contributed by atoms with Crippen LogP contribution in [0.5, 0.6) is 0 Å². The first kappa shape index (κ1) is 22.7. The maximum absolute atomic E-state index is 12.6. The smallest absolute Gasteiger partial charge is 0.307 e. The lowest BCUT2D eigenvalue weighted by atomic mass is 9.64. The molecule has 0 amide bonds. The number of allylic oxidation sites excluding steroid dienone is 4. The lowest BCUT2D eigenvalue weighted by Crippen LogP contribution is -2.44. The largest absolute Gasteiger partial charge is 0.481 e. The zero-order chi connectivity index (χ0) is 22.7. The van der Waals surface area contributed by atoms with Crippen molar-refractivity contribution in [3.63, 3.8) is 0 Å². The summed E-state index contributed by atoms with van der Waals surface area (Å²) in [6.07, 6.45) is 7.52. The van der Waals surface area contributed by atoms with Crippen molar-refractivity contribution in [2.45, 2.75) is 32.1 Å². The number of carboxylic acids is 1. The number of likely N-dealkylation sites (N-methyl/N-ethyl adjacent to an activating group) is 1. The fourth-order valence-corrected chi connectivity index (χ4v) is 5.81. The number of aromatic nitrogens is 1. The van der Waals surface area contributed by atoms with Crippen LogP contribution in [0.1, 0.15) is 37.9 Å². The zero-order valence-corrected chi connectivity index (χ0v) is 20.0. The molecule has 0 spiro atoms. The molecule has 1 aliphatic heterocycles. The van der Waals surface area contributed by atoms with Crippen LogP contribution in [0.3, 0.4) is 0 Å². The molecule has 1 aromatic heterocycles. The first-order chi connectivity index (χ1) is 15.4. The molecule has 0 radical (unpaired) electrons. The van der Waals surface area contributed by atoms with Crippen LogP contribution in [0.2, 0.25) is 0 Å². The van der Waals surface area contributed by atoms with Gasteiger partial charge < -0.3 is 14.9 Å². The Hall–Kier alpha value is -2.44. The average molecular weight is 452 g/mol. The van der Waals surface area contributed by atoms with Crippen LogP contribution >= 0.6 is 11.3 Å². The van der Waals surface area contributed by atoms with Gasteiger partial charge in [-0.25, -0.2) is 4.98 Å². The molecule has 2 atom stereocenters. The summed E-state index contributed by atoms with van der Waals surface area (Å²) < 4.78 is 0. The van der Waals surface area contributed by atoms with Gasteiger partial charge in [0.05, 0.1) is 11.6 Å². The molecule has 0 saturated carbocycles. The number of carboxylic acid groups (broad SMARTS) is 1. The van der Waals surface area contributed by atoms with Crippen LogP contribution in [-0.4, -0.2) is 54.2 Å². The molecule has 2 aromatic rings. The number of hydrogen-bond donors (Lipinski definition) is 1.